The maximum Gasteiger partial charge on any atom is 0.237 e. The zero-order chi connectivity index (χ0) is 13.8. The lowest BCUT2D eigenvalue weighted by Gasteiger charge is -2.02. The van der Waals surface area contributed by atoms with Crippen molar-refractivity contribution in [1.29, 1.82) is 0 Å². The van der Waals surface area contributed by atoms with E-state index < -0.39 is 0 Å². The Morgan fingerprint density at radius 2 is 2.25 bits per heavy atom. The van der Waals surface area contributed by atoms with E-state index in [0.717, 1.165) is 15.7 Å². The van der Waals surface area contributed by atoms with Crippen molar-refractivity contribution in [3.63, 3.8) is 0 Å². The largest absolute Gasteiger partial charge is 0.496 e. The molecule has 0 spiro atoms. The van der Waals surface area contributed by atoms with Crippen LogP contribution in [0.15, 0.2) is 38.6 Å². The van der Waals surface area contributed by atoms with E-state index in [9.17, 15) is 0 Å². The van der Waals surface area contributed by atoms with Crippen LogP contribution in [0.3, 0.4) is 0 Å². The molecule has 0 fully saturated rings. The molecule has 0 saturated heterocycles. The van der Waals surface area contributed by atoms with Gasteiger partial charge in [-0.1, -0.05) is 40.4 Å². The Bertz CT molecular complexity index is 684. The van der Waals surface area contributed by atoms with E-state index in [1.54, 1.807) is 12.6 Å². The van der Waals surface area contributed by atoms with Crippen LogP contribution in [-0.4, -0.2) is 27.4 Å². The Morgan fingerprint density at radius 3 is 3.05 bits per heavy atom. The number of thioether (sulfide) groups is 1. The van der Waals surface area contributed by atoms with Gasteiger partial charge >= 0.3 is 0 Å². The molecule has 0 unspecified atom stereocenters. The standard InChI is InChI=1S/C12H10N4O2S2/c1-17-9-5-3-2-4-8(9)11-14-10(18-16-11)6-19-12-15-13-7-20-12/h2-5,7H,6H2,1H3. The Labute approximate surface area is 123 Å². The minimum atomic E-state index is 0.523. The second-order valence-corrected chi connectivity index (χ2v) is 5.76. The van der Waals surface area contributed by atoms with Crippen molar-refractivity contribution >= 4 is 23.1 Å². The first-order chi connectivity index (χ1) is 9.86. The molecule has 0 aliphatic carbocycles. The highest BCUT2D eigenvalue weighted by molar-refractivity contribution is 8.00. The third kappa shape index (κ3) is 2.81. The van der Waals surface area contributed by atoms with E-state index in [1.807, 2.05) is 24.3 Å². The van der Waals surface area contributed by atoms with Gasteiger partial charge in [0.25, 0.3) is 0 Å². The summed E-state index contributed by atoms with van der Waals surface area (Å²) in [5, 5.41) is 11.7. The van der Waals surface area contributed by atoms with Crippen LogP contribution >= 0.6 is 23.1 Å². The summed E-state index contributed by atoms with van der Waals surface area (Å²) in [6, 6.07) is 7.56. The number of hydrogen-bond acceptors (Lipinski definition) is 8. The number of aromatic nitrogens is 4. The number of hydrogen-bond donors (Lipinski definition) is 0. The predicted octanol–water partition coefficient (Wildman–Crippen LogP) is 2.89. The lowest BCUT2D eigenvalue weighted by molar-refractivity contribution is 0.390. The molecule has 0 aliphatic heterocycles. The molecule has 0 atom stereocenters. The van der Waals surface area contributed by atoms with Gasteiger partial charge in [-0.2, -0.15) is 4.98 Å². The van der Waals surface area contributed by atoms with Crippen molar-refractivity contribution in [3.05, 3.63) is 35.7 Å². The van der Waals surface area contributed by atoms with E-state index in [-0.39, 0.29) is 0 Å². The van der Waals surface area contributed by atoms with Crippen LogP contribution < -0.4 is 4.74 Å². The van der Waals surface area contributed by atoms with Gasteiger partial charge in [-0.25, -0.2) is 0 Å². The number of benzene rings is 1. The third-order valence-corrected chi connectivity index (χ3v) is 4.32. The Hall–Kier alpha value is -1.93. The molecule has 2 aromatic heterocycles. The highest BCUT2D eigenvalue weighted by atomic mass is 32.2. The molecular weight excluding hydrogens is 296 g/mol. The maximum absolute atomic E-state index is 5.28. The average molecular weight is 306 g/mol. The van der Waals surface area contributed by atoms with Crippen molar-refractivity contribution in [2.75, 3.05) is 7.11 Å². The monoisotopic (exact) mass is 306 g/mol. The van der Waals surface area contributed by atoms with Crippen LogP contribution in [-0.2, 0) is 5.75 Å². The fraction of sp³-hybridized carbons (Fsp3) is 0.167. The van der Waals surface area contributed by atoms with Gasteiger partial charge < -0.3 is 9.26 Å². The number of ether oxygens (including phenoxy) is 1. The molecule has 0 aliphatic rings. The molecule has 6 nitrogen and oxygen atoms in total. The van der Waals surface area contributed by atoms with Crippen LogP contribution in [0, 0.1) is 0 Å². The summed E-state index contributed by atoms with van der Waals surface area (Å²) in [5.41, 5.74) is 2.50. The van der Waals surface area contributed by atoms with Gasteiger partial charge in [-0.3, -0.25) is 0 Å². The first-order valence-corrected chi connectivity index (χ1v) is 7.58. The quantitative estimate of drug-likeness (QED) is 0.671. The van der Waals surface area contributed by atoms with Crippen molar-refractivity contribution in [2.45, 2.75) is 10.1 Å². The first kappa shape index (κ1) is 13.1. The molecular formula is C12H10N4O2S2. The van der Waals surface area contributed by atoms with Crippen molar-refractivity contribution in [2.24, 2.45) is 0 Å². The minimum Gasteiger partial charge on any atom is -0.496 e. The van der Waals surface area contributed by atoms with Gasteiger partial charge in [0.05, 0.1) is 18.4 Å². The summed E-state index contributed by atoms with van der Waals surface area (Å²) < 4.78 is 11.4. The van der Waals surface area contributed by atoms with Crippen molar-refractivity contribution in [3.8, 4) is 17.1 Å². The van der Waals surface area contributed by atoms with Crippen LogP contribution in [0.5, 0.6) is 5.75 Å². The molecule has 8 heteroatoms. The second-order valence-electron chi connectivity index (χ2n) is 3.71. The Morgan fingerprint density at radius 1 is 1.35 bits per heavy atom. The fourth-order valence-corrected chi connectivity index (χ4v) is 2.93. The van der Waals surface area contributed by atoms with Gasteiger partial charge in [0.2, 0.25) is 11.7 Å². The molecule has 3 rings (SSSR count). The number of rotatable bonds is 5. The van der Waals surface area contributed by atoms with E-state index in [4.69, 9.17) is 9.26 Å². The van der Waals surface area contributed by atoms with E-state index in [0.29, 0.717) is 17.5 Å². The van der Waals surface area contributed by atoms with Crippen molar-refractivity contribution in [1.82, 2.24) is 20.3 Å². The highest BCUT2D eigenvalue weighted by Gasteiger charge is 2.13. The number of para-hydroxylation sites is 1. The van der Waals surface area contributed by atoms with Gasteiger partial charge in [0.1, 0.15) is 11.3 Å². The van der Waals surface area contributed by atoms with Gasteiger partial charge in [-0.15, -0.1) is 10.2 Å². The van der Waals surface area contributed by atoms with Crippen molar-refractivity contribution < 1.29 is 9.26 Å². The number of methoxy groups -OCH3 is 1. The van der Waals surface area contributed by atoms with Gasteiger partial charge in [0, 0.05) is 0 Å². The summed E-state index contributed by atoms with van der Waals surface area (Å²) in [4.78, 5) is 4.37. The summed E-state index contributed by atoms with van der Waals surface area (Å²) in [6.07, 6.45) is 0. The second kappa shape index (κ2) is 6.02. The molecule has 1 aromatic carbocycles. The van der Waals surface area contributed by atoms with E-state index in [1.165, 1.54) is 23.1 Å². The molecule has 102 valence electrons. The number of nitrogens with zero attached hydrogens (tertiary/aromatic N) is 4. The summed E-state index contributed by atoms with van der Waals surface area (Å²) in [7, 11) is 1.62. The predicted molar refractivity (Wildman–Crippen MR) is 75.8 cm³/mol. The molecule has 0 amide bonds. The Balaban J connectivity index is 1.76. The van der Waals surface area contributed by atoms with Crippen LogP contribution in [0.1, 0.15) is 5.89 Å². The van der Waals surface area contributed by atoms with E-state index in [2.05, 4.69) is 20.3 Å². The van der Waals surface area contributed by atoms with Gasteiger partial charge in [-0.05, 0) is 12.1 Å². The first-order valence-electron chi connectivity index (χ1n) is 5.72. The smallest absolute Gasteiger partial charge is 0.237 e. The topological polar surface area (TPSA) is 73.9 Å². The van der Waals surface area contributed by atoms with Crippen LogP contribution in [0.2, 0.25) is 0 Å². The lowest BCUT2D eigenvalue weighted by atomic mass is 10.2. The molecule has 0 bridgehead atoms. The fourth-order valence-electron chi connectivity index (χ4n) is 1.60. The Kier molecular flexibility index (Phi) is 3.93. The van der Waals surface area contributed by atoms with Gasteiger partial charge in [0.15, 0.2) is 4.34 Å². The molecule has 20 heavy (non-hydrogen) atoms. The highest BCUT2D eigenvalue weighted by Crippen LogP contribution is 2.28. The maximum atomic E-state index is 5.28. The van der Waals surface area contributed by atoms with E-state index >= 15 is 0 Å². The lowest BCUT2D eigenvalue weighted by Crippen LogP contribution is -1.89. The molecule has 0 saturated carbocycles. The molecule has 3 aromatic rings. The third-order valence-electron chi connectivity index (χ3n) is 2.48. The molecule has 0 radical (unpaired) electrons. The summed E-state index contributed by atoms with van der Waals surface area (Å²) in [5.74, 6) is 2.36. The summed E-state index contributed by atoms with van der Waals surface area (Å²) >= 11 is 3.00. The molecule has 2 heterocycles. The average Bonchev–Trinajstić information content (AvgIpc) is 3.16. The summed E-state index contributed by atoms with van der Waals surface area (Å²) in [6.45, 7) is 0. The SMILES string of the molecule is COc1ccccc1-c1noc(CSc2nncs2)n1. The zero-order valence-electron chi connectivity index (χ0n) is 10.5. The zero-order valence-corrected chi connectivity index (χ0v) is 12.1. The molecule has 0 N–H and O–H groups in total. The minimum absolute atomic E-state index is 0.523. The van der Waals surface area contributed by atoms with Crippen LogP contribution in [0.25, 0.3) is 11.4 Å². The normalized spacial score (nSPS) is 10.7. The van der Waals surface area contributed by atoms with Crippen LogP contribution in [0.4, 0.5) is 0 Å².